The molecule has 0 spiro atoms. The molecule has 2 aromatic heterocycles. The Bertz CT molecular complexity index is 1080. The largest absolute Gasteiger partial charge is 0.422 e. The number of hydrogen-bond acceptors (Lipinski definition) is 6. The molecule has 6 heteroatoms. The summed E-state index contributed by atoms with van der Waals surface area (Å²) in [4.78, 5) is 12.4. The molecule has 0 aliphatic rings. The average molecular weight is 316 g/mol. The van der Waals surface area contributed by atoms with E-state index in [4.69, 9.17) is 10.2 Å². The number of anilines is 1. The summed E-state index contributed by atoms with van der Waals surface area (Å²) in [6, 6.07) is 16.4. The summed E-state index contributed by atoms with van der Waals surface area (Å²) in [5.41, 5.74) is 9.10. The lowest BCUT2D eigenvalue weighted by atomic mass is 10.0. The Kier molecular flexibility index (Phi) is 3.28. The lowest BCUT2D eigenvalue weighted by Crippen LogP contribution is -2.07. The van der Waals surface area contributed by atoms with E-state index in [9.17, 15) is 4.79 Å². The maximum absolute atomic E-state index is 12.4. The second-order valence-corrected chi connectivity index (χ2v) is 5.26. The van der Waals surface area contributed by atoms with E-state index in [-0.39, 0.29) is 0 Å². The molecule has 4 rings (SSSR count). The van der Waals surface area contributed by atoms with Gasteiger partial charge in [-0.2, -0.15) is 0 Å². The first-order chi connectivity index (χ1) is 11.7. The van der Waals surface area contributed by atoms with Gasteiger partial charge in [0, 0.05) is 10.9 Å². The number of hydrogen-bond donors (Lipinski definition) is 1. The number of aromatic nitrogens is 3. The van der Waals surface area contributed by atoms with Gasteiger partial charge in [0.15, 0.2) is 0 Å². The first kappa shape index (κ1) is 14.1. The molecule has 0 aliphatic carbocycles. The molecule has 0 saturated heterocycles. The van der Waals surface area contributed by atoms with Crippen molar-refractivity contribution in [2.75, 3.05) is 5.73 Å². The zero-order chi connectivity index (χ0) is 16.5. The predicted molar refractivity (Wildman–Crippen MR) is 91.2 cm³/mol. The van der Waals surface area contributed by atoms with Gasteiger partial charge in [-0.05, 0) is 29.0 Å². The van der Waals surface area contributed by atoms with Gasteiger partial charge < -0.3 is 10.2 Å². The monoisotopic (exact) mass is 316 g/mol. The first-order valence-corrected chi connectivity index (χ1v) is 7.30. The molecule has 116 valence electrons. The Morgan fingerprint density at radius 3 is 2.54 bits per heavy atom. The van der Waals surface area contributed by atoms with Crippen LogP contribution >= 0.6 is 0 Å². The maximum atomic E-state index is 12.4. The third-order valence-electron chi connectivity index (χ3n) is 3.81. The molecule has 24 heavy (non-hydrogen) atoms. The van der Waals surface area contributed by atoms with Crippen LogP contribution < -0.4 is 11.4 Å². The van der Waals surface area contributed by atoms with E-state index in [1.807, 2.05) is 42.5 Å². The molecule has 0 bridgehead atoms. The van der Waals surface area contributed by atoms with Crippen LogP contribution in [0.1, 0.15) is 0 Å². The van der Waals surface area contributed by atoms with Gasteiger partial charge in [0.2, 0.25) is 0 Å². The molecule has 2 N–H and O–H groups in total. The van der Waals surface area contributed by atoms with Crippen LogP contribution in [0.15, 0.2) is 70.0 Å². The number of nitrogens with two attached hydrogens (primary N) is 1. The highest BCUT2D eigenvalue weighted by Crippen LogP contribution is 2.31. The quantitative estimate of drug-likeness (QED) is 0.571. The molecule has 0 unspecified atom stereocenters. The highest BCUT2D eigenvalue weighted by molar-refractivity contribution is 5.98. The minimum absolute atomic E-state index is 0.375. The SMILES string of the molecule is Nc1c(-c2ccccc2)c(=O)oc2cc(-c3ccnnn3)ccc12. The second-order valence-electron chi connectivity index (χ2n) is 5.26. The Morgan fingerprint density at radius 2 is 1.79 bits per heavy atom. The number of fused-ring (bicyclic) bond motifs is 1. The van der Waals surface area contributed by atoms with Gasteiger partial charge in [0.05, 0.1) is 23.1 Å². The van der Waals surface area contributed by atoms with Crippen molar-refractivity contribution < 1.29 is 4.42 Å². The fourth-order valence-electron chi connectivity index (χ4n) is 2.66. The van der Waals surface area contributed by atoms with E-state index >= 15 is 0 Å². The summed E-state index contributed by atoms with van der Waals surface area (Å²) in [5, 5.41) is 11.9. The van der Waals surface area contributed by atoms with Gasteiger partial charge >= 0.3 is 5.63 Å². The van der Waals surface area contributed by atoms with Crippen molar-refractivity contribution >= 4 is 16.7 Å². The number of nitrogen functional groups attached to an aromatic ring is 1. The minimum atomic E-state index is -0.468. The third kappa shape index (κ3) is 2.30. The first-order valence-electron chi connectivity index (χ1n) is 7.30. The Hall–Kier alpha value is -3.54. The lowest BCUT2D eigenvalue weighted by Gasteiger charge is -2.08. The van der Waals surface area contributed by atoms with E-state index in [1.165, 1.54) is 0 Å². The second kappa shape index (κ2) is 5.58. The standard InChI is InChI=1S/C18H12N4O2/c19-17-13-7-6-12(14-8-9-20-22-21-14)10-15(13)24-18(23)16(17)11-4-2-1-3-5-11/h1-10H,19H2. The van der Waals surface area contributed by atoms with Gasteiger partial charge in [-0.3, -0.25) is 0 Å². The molecule has 0 saturated carbocycles. The van der Waals surface area contributed by atoms with E-state index in [1.54, 1.807) is 18.3 Å². The Balaban J connectivity index is 1.94. The van der Waals surface area contributed by atoms with Crippen LogP contribution in [0, 0.1) is 0 Å². The van der Waals surface area contributed by atoms with E-state index in [0.717, 1.165) is 11.1 Å². The van der Waals surface area contributed by atoms with Crippen LogP contribution in [-0.4, -0.2) is 15.4 Å². The summed E-state index contributed by atoms with van der Waals surface area (Å²) < 4.78 is 5.49. The molecule has 0 atom stereocenters. The molecule has 2 heterocycles. The summed E-state index contributed by atoms with van der Waals surface area (Å²) in [5.74, 6) is 0. The Morgan fingerprint density at radius 1 is 0.958 bits per heavy atom. The number of rotatable bonds is 2. The van der Waals surface area contributed by atoms with Crippen LogP contribution in [0.5, 0.6) is 0 Å². The molecule has 6 nitrogen and oxygen atoms in total. The van der Waals surface area contributed by atoms with Gasteiger partial charge in [-0.15, -0.1) is 10.2 Å². The molecule has 0 amide bonds. The van der Waals surface area contributed by atoms with Crippen molar-refractivity contribution in [3.05, 3.63) is 71.2 Å². The highest BCUT2D eigenvalue weighted by atomic mass is 16.4. The third-order valence-corrected chi connectivity index (χ3v) is 3.81. The number of benzene rings is 2. The zero-order valence-electron chi connectivity index (χ0n) is 12.5. The normalized spacial score (nSPS) is 10.8. The lowest BCUT2D eigenvalue weighted by molar-refractivity contribution is 0.564. The molecule has 0 radical (unpaired) electrons. The molecule has 4 aromatic rings. The number of nitrogens with zero attached hydrogens (tertiary/aromatic N) is 3. The van der Waals surface area contributed by atoms with Crippen LogP contribution in [0.25, 0.3) is 33.4 Å². The fourth-order valence-corrected chi connectivity index (χ4v) is 2.66. The van der Waals surface area contributed by atoms with Gasteiger partial charge in [-0.25, -0.2) is 4.79 Å². The van der Waals surface area contributed by atoms with Gasteiger partial charge in [-0.1, -0.05) is 36.4 Å². The summed E-state index contributed by atoms with van der Waals surface area (Å²) >= 11 is 0. The predicted octanol–water partition coefficient (Wildman–Crippen LogP) is 2.89. The van der Waals surface area contributed by atoms with Crippen LogP contribution in [0.2, 0.25) is 0 Å². The van der Waals surface area contributed by atoms with E-state index in [2.05, 4.69) is 15.4 Å². The van der Waals surface area contributed by atoms with Crippen molar-refractivity contribution in [1.82, 2.24) is 15.4 Å². The highest BCUT2D eigenvalue weighted by Gasteiger charge is 2.14. The van der Waals surface area contributed by atoms with Crippen molar-refractivity contribution in [1.29, 1.82) is 0 Å². The molecular weight excluding hydrogens is 304 g/mol. The summed E-state index contributed by atoms with van der Waals surface area (Å²) in [7, 11) is 0. The average Bonchev–Trinajstić information content (AvgIpc) is 2.63. The van der Waals surface area contributed by atoms with Crippen molar-refractivity contribution in [2.24, 2.45) is 0 Å². The molecule has 2 aromatic carbocycles. The summed E-state index contributed by atoms with van der Waals surface area (Å²) in [6.07, 6.45) is 1.55. The van der Waals surface area contributed by atoms with E-state index < -0.39 is 5.63 Å². The Labute approximate surface area is 136 Å². The molecular formula is C18H12N4O2. The van der Waals surface area contributed by atoms with E-state index in [0.29, 0.717) is 27.9 Å². The van der Waals surface area contributed by atoms with Crippen molar-refractivity contribution in [3.63, 3.8) is 0 Å². The van der Waals surface area contributed by atoms with Crippen LogP contribution in [-0.2, 0) is 0 Å². The smallest absolute Gasteiger partial charge is 0.346 e. The van der Waals surface area contributed by atoms with Gasteiger partial charge in [0.25, 0.3) is 0 Å². The van der Waals surface area contributed by atoms with Gasteiger partial charge in [0.1, 0.15) is 5.58 Å². The van der Waals surface area contributed by atoms with Crippen LogP contribution in [0.4, 0.5) is 5.69 Å². The van der Waals surface area contributed by atoms with Crippen LogP contribution in [0.3, 0.4) is 0 Å². The zero-order valence-corrected chi connectivity index (χ0v) is 12.5. The topological polar surface area (TPSA) is 94.9 Å². The fraction of sp³-hybridized carbons (Fsp3) is 0. The maximum Gasteiger partial charge on any atom is 0.346 e. The summed E-state index contributed by atoms with van der Waals surface area (Å²) in [6.45, 7) is 0. The minimum Gasteiger partial charge on any atom is -0.422 e. The van der Waals surface area contributed by atoms with Crippen molar-refractivity contribution in [2.45, 2.75) is 0 Å². The van der Waals surface area contributed by atoms with Crippen molar-refractivity contribution in [3.8, 4) is 22.4 Å². The molecule has 0 fully saturated rings. The molecule has 0 aliphatic heterocycles.